The van der Waals surface area contributed by atoms with Crippen molar-refractivity contribution in [3.05, 3.63) is 0 Å². The molecule has 0 aliphatic rings. The monoisotopic (exact) mass is 258 g/mol. The molecule has 0 unspecified atom stereocenters. The second kappa shape index (κ2) is 7.74. The van der Waals surface area contributed by atoms with E-state index in [0.29, 0.717) is 19.5 Å². The average molecular weight is 258 g/mol. The maximum absolute atomic E-state index is 11.7. The first-order valence-corrected chi connectivity index (χ1v) is 6.67. The minimum Gasteiger partial charge on any atom is -0.385 e. The maximum Gasteiger partial charge on any atom is 0.221 e. The van der Waals surface area contributed by atoms with E-state index in [1.54, 1.807) is 7.11 Å². The fourth-order valence-electron chi connectivity index (χ4n) is 1.44. The van der Waals surface area contributed by atoms with Crippen LogP contribution >= 0.6 is 0 Å². The molecule has 0 aromatic rings. The Labute approximate surface area is 112 Å². The van der Waals surface area contributed by atoms with Crippen LogP contribution in [0.4, 0.5) is 0 Å². The van der Waals surface area contributed by atoms with Crippen molar-refractivity contribution in [3.8, 4) is 0 Å². The second-order valence-corrected chi connectivity index (χ2v) is 6.61. The van der Waals surface area contributed by atoms with Crippen LogP contribution in [0.2, 0.25) is 0 Å². The largest absolute Gasteiger partial charge is 0.385 e. The van der Waals surface area contributed by atoms with E-state index in [9.17, 15) is 4.79 Å². The lowest BCUT2D eigenvalue weighted by atomic mass is 9.89. The van der Waals surface area contributed by atoms with Gasteiger partial charge >= 0.3 is 0 Å². The Kier molecular flexibility index (Phi) is 7.48. The Morgan fingerprint density at radius 2 is 1.78 bits per heavy atom. The van der Waals surface area contributed by atoms with Gasteiger partial charge in [0.05, 0.1) is 0 Å². The number of hydrogen-bond donors (Lipinski definition) is 2. The SMILES string of the molecule is COCCC(C)(C)CNC(=O)CCNC(C)(C)C. The van der Waals surface area contributed by atoms with Gasteiger partial charge in [0.15, 0.2) is 0 Å². The van der Waals surface area contributed by atoms with Crippen LogP contribution < -0.4 is 10.6 Å². The van der Waals surface area contributed by atoms with Crippen LogP contribution in [0.1, 0.15) is 47.5 Å². The van der Waals surface area contributed by atoms with E-state index >= 15 is 0 Å². The second-order valence-electron chi connectivity index (χ2n) is 6.61. The molecular weight excluding hydrogens is 228 g/mol. The maximum atomic E-state index is 11.7. The third kappa shape index (κ3) is 10.5. The number of carbonyl (C=O) groups excluding carboxylic acids is 1. The van der Waals surface area contributed by atoms with Gasteiger partial charge in [-0.2, -0.15) is 0 Å². The number of amides is 1. The molecule has 0 saturated carbocycles. The van der Waals surface area contributed by atoms with Crippen LogP contribution in [0.5, 0.6) is 0 Å². The molecule has 0 aromatic carbocycles. The van der Waals surface area contributed by atoms with Crippen molar-refractivity contribution in [3.63, 3.8) is 0 Å². The van der Waals surface area contributed by atoms with Crippen molar-refractivity contribution in [1.82, 2.24) is 10.6 Å². The van der Waals surface area contributed by atoms with Gasteiger partial charge in [0.1, 0.15) is 0 Å². The topological polar surface area (TPSA) is 50.4 Å². The van der Waals surface area contributed by atoms with Gasteiger partial charge in [-0.15, -0.1) is 0 Å². The summed E-state index contributed by atoms with van der Waals surface area (Å²) < 4.78 is 5.06. The number of hydrogen-bond acceptors (Lipinski definition) is 3. The molecule has 0 radical (unpaired) electrons. The third-order valence-corrected chi connectivity index (χ3v) is 2.75. The molecule has 0 atom stereocenters. The highest BCUT2D eigenvalue weighted by Gasteiger charge is 2.18. The zero-order chi connectivity index (χ0) is 14.2. The number of rotatable bonds is 8. The molecule has 1 amide bonds. The molecule has 0 aliphatic carbocycles. The van der Waals surface area contributed by atoms with E-state index in [4.69, 9.17) is 4.74 Å². The van der Waals surface area contributed by atoms with Crippen LogP contribution in [0.3, 0.4) is 0 Å². The molecule has 108 valence electrons. The molecule has 4 heteroatoms. The lowest BCUT2D eigenvalue weighted by Gasteiger charge is -2.25. The van der Waals surface area contributed by atoms with E-state index in [0.717, 1.165) is 13.0 Å². The molecule has 4 nitrogen and oxygen atoms in total. The van der Waals surface area contributed by atoms with E-state index in [2.05, 4.69) is 45.3 Å². The first-order valence-electron chi connectivity index (χ1n) is 6.67. The Bertz CT molecular complexity index is 245. The average Bonchev–Trinajstić information content (AvgIpc) is 2.22. The molecule has 0 aliphatic heterocycles. The number of ether oxygens (including phenoxy) is 1. The van der Waals surface area contributed by atoms with Crippen LogP contribution in [0.25, 0.3) is 0 Å². The lowest BCUT2D eigenvalue weighted by molar-refractivity contribution is -0.121. The molecule has 0 rings (SSSR count). The molecule has 0 spiro atoms. The van der Waals surface area contributed by atoms with Gasteiger partial charge in [-0.25, -0.2) is 0 Å². The van der Waals surface area contributed by atoms with Crippen molar-refractivity contribution in [2.24, 2.45) is 5.41 Å². The Balaban J connectivity index is 3.76. The summed E-state index contributed by atoms with van der Waals surface area (Å²) in [5, 5.41) is 6.29. The fraction of sp³-hybridized carbons (Fsp3) is 0.929. The highest BCUT2D eigenvalue weighted by atomic mass is 16.5. The molecule has 0 aromatic heterocycles. The minimum absolute atomic E-state index is 0.0675. The summed E-state index contributed by atoms with van der Waals surface area (Å²) in [6.07, 6.45) is 1.47. The Morgan fingerprint density at radius 3 is 2.28 bits per heavy atom. The first kappa shape index (κ1) is 17.4. The quantitative estimate of drug-likeness (QED) is 0.699. The molecule has 0 fully saturated rings. The smallest absolute Gasteiger partial charge is 0.221 e. The zero-order valence-corrected chi connectivity index (χ0v) is 12.9. The number of methoxy groups -OCH3 is 1. The predicted molar refractivity (Wildman–Crippen MR) is 75.7 cm³/mol. The molecule has 0 saturated heterocycles. The molecule has 18 heavy (non-hydrogen) atoms. The summed E-state index contributed by atoms with van der Waals surface area (Å²) in [7, 11) is 1.70. The summed E-state index contributed by atoms with van der Waals surface area (Å²) in [6.45, 7) is 12.7. The van der Waals surface area contributed by atoms with Gasteiger partial charge in [0, 0.05) is 38.8 Å². The summed E-state index contributed by atoms with van der Waals surface area (Å²) in [4.78, 5) is 11.7. The summed E-state index contributed by atoms with van der Waals surface area (Å²) in [5.74, 6) is 0.109. The van der Waals surface area contributed by atoms with Crippen molar-refractivity contribution in [2.45, 2.75) is 53.0 Å². The highest BCUT2D eigenvalue weighted by molar-refractivity contribution is 5.76. The van der Waals surface area contributed by atoms with Crippen molar-refractivity contribution >= 4 is 5.91 Å². The third-order valence-electron chi connectivity index (χ3n) is 2.75. The zero-order valence-electron chi connectivity index (χ0n) is 12.9. The molecule has 0 heterocycles. The van der Waals surface area contributed by atoms with Gasteiger partial charge in [-0.05, 0) is 32.6 Å². The minimum atomic E-state index is 0.0675. The first-order chi connectivity index (χ1) is 8.16. The standard InChI is InChI=1S/C14H30N2O2/c1-13(2,3)16-9-7-12(17)15-11-14(4,5)8-10-18-6/h16H,7-11H2,1-6H3,(H,15,17). The predicted octanol–water partition coefficient (Wildman–Crippen LogP) is 1.94. The fourth-order valence-corrected chi connectivity index (χ4v) is 1.44. The number of carbonyl (C=O) groups is 1. The summed E-state index contributed by atoms with van der Waals surface area (Å²) >= 11 is 0. The molecule has 2 N–H and O–H groups in total. The van der Waals surface area contributed by atoms with Crippen LogP contribution in [0.15, 0.2) is 0 Å². The van der Waals surface area contributed by atoms with Crippen LogP contribution in [-0.2, 0) is 9.53 Å². The van der Waals surface area contributed by atoms with Crippen molar-refractivity contribution in [2.75, 3.05) is 26.8 Å². The van der Waals surface area contributed by atoms with Crippen LogP contribution in [-0.4, -0.2) is 38.3 Å². The Morgan fingerprint density at radius 1 is 1.17 bits per heavy atom. The summed E-state index contributed by atoms with van der Waals surface area (Å²) in [6, 6.07) is 0. The van der Waals surface area contributed by atoms with Gasteiger partial charge in [0.2, 0.25) is 5.91 Å². The van der Waals surface area contributed by atoms with E-state index in [-0.39, 0.29) is 16.9 Å². The van der Waals surface area contributed by atoms with Gasteiger partial charge < -0.3 is 15.4 Å². The molecular formula is C14H30N2O2. The number of nitrogens with one attached hydrogen (secondary N) is 2. The lowest BCUT2D eigenvalue weighted by Crippen LogP contribution is -2.40. The van der Waals surface area contributed by atoms with Crippen molar-refractivity contribution < 1.29 is 9.53 Å². The highest BCUT2D eigenvalue weighted by Crippen LogP contribution is 2.18. The normalized spacial score (nSPS) is 12.6. The van der Waals surface area contributed by atoms with Crippen LogP contribution in [0, 0.1) is 5.41 Å². The van der Waals surface area contributed by atoms with E-state index in [1.807, 2.05) is 0 Å². The summed E-state index contributed by atoms with van der Waals surface area (Å²) in [5.41, 5.74) is 0.154. The van der Waals surface area contributed by atoms with E-state index in [1.165, 1.54) is 0 Å². The Hall–Kier alpha value is -0.610. The van der Waals surface area contributed by atoms with Gasteiger partial charge in [-0.1, -0.05) is 13.8 Å². The van der Waals surface area contributed by atoms with Gasteiger partial charge in [-0.3, -0.25) is 4.79 Å². The van der Waals surface area contributed by atoms with E-state index < -0.39 is 0 Å². The van der Waals surface area contributed by atoms with Crippen molar-refractivity contribution in [1.29, 1.82) is 0 Å². The molecule has 0 bridgehead atoms. The van der Waals surface area contributed by atoms with Gasteiger partial charge in [0.25, 0.3) is 0 Å².